The van der Waals surface area contributed by atoms with Gasteiger partial charge >= 0.3 is 0 Å². The molecule has 0 atom stereocenters. The number of nitrogens with one attached hydrogen (secondary N) is 1. The average molecular weight is 380 g/mol. The average Bonchev–Trinajstić information content (AvgIpc) is 2.73. The van der Waals surface area contributed by atoms with E-state index in [1.807, 2.05) is 6.07 Å². The predicted octanol–water partition coefficient (Wildman–Crippen LogP) is 3.56. The van der Waals surface area contributed by atoms with Crippen LogP contribution in [0.15, 0.2) is 48.5 Å². The van der Waals surface area contributed by atoms with Gasteiger partial charge in [-0.15, -0.1) is 0 Å². The molecule has 1 heterocycles. The van der Waals surface area contributed by atoms with Crippen molar-refractivity contribution in [3.8, 4) is 0 Å². The first-order valence-electron chi connectivity index (χ1n) is 10.5. The van der Waals surface area contributed by atoms with E-state index >= 15 is 0 Å². The van der Waals surface area contributed by atoms with Crippen LogP contribution in [0.3, 0.4) is 0 Å². The molecule has 1 amide bonds. The Morgan fingerprint density at radius 1 is 0.964 bits per heavy atom. The molecule has 1 saturated heterocycles. The first-order valence-corrected chi connectivity index (χ1v) is 10.5. The summed E-state index contributed by atoms with van der Waals surface area (Å²) in [5.41, 5.74) is 5.42. The largest absolute Gasteiger partial charge is 0.369 e. The molecule has 0 unspecified atom stereocenters. The Hall–Kier alpha value is -2.33. The van der Waals surface area contributed by atoms with E-state index in [-0.39, 0.29) is 5.91 Å². The highest BCUT2D eigenvalue weighted by atomic mass is 16.1. The maximum Gasteiger partial charge on any atom is 0.221 e. The zero-order valence-corrected chi connectivity index (χ0v) is 17.3. The molecular weight excluding hydrogens is 346 g/mol. The molecule has 1 aliphatic heterocycles. The third-order valence-electron chi connectivity index (χ3n) is 5.75. The summed E-state index contributed by atoms with van der Waals surface area (Å²) in [4.78, 5) is 17.0. The van der Waals surface area contributed by atoms with Gasteiger partial charge in [0.15, 0.2) is 0 Å². The Kier molecular flexibility index (Phi) is 7.49. The Bertz CT molecular complexity index is 752. The number of aryl methyl sites for hydroxylation is 2. The second-order valence-corrected chi connectivity index (χ2v) is 7.74. The number of rotatable bonds is 8. The first kappa shape index (κ1) is 20.4. The highest BCUT2D eigenvalue weighted by Gasteiger charge is 2.19. The lowest BCUT2D eigenvalue weighted by Gasteiger charge is -2.37. The second kappa shape index (κ2) is 10.3. The van der Waals surface area contributed by atoms with Gasteiger partial charge in [0.25, 0.3) is 0 Å². The van der Waals surface area contributed by atoms with E-state index in [2.05, 4.69) is 71.4 Å². The highest BCUT2D eigenvalue weighted by Crippen LogP contribution is 2.23. The van der Waals surface area contributed by atoms with Gasteiger partial charge in [-0.3, -0.25) is 9.69 Å². The van der Waals surface area contributed by atoms with Crippen LogP contribution in [0.1, 0.15) is 29.5 Å². The summed E-state index contributed by atoms with van der Waals surface area (Å²) >= 11 is 0. The lowest BCUT2D eigenvalue weighted by Crippen LogP contribution is -2.47. The zero-order valence-electron chi connectivity index (χ0n) is 17.3. The van der Waals surface area contributed by atoms with Crippen LogP contribution in [-0.2, 0) is 11.2 Å². The van der Waals surface area contributed by atoms with Crippen LogP contribution < -0.4 is 10.2 Å². The monoisotopic (exact) mass is 379 g/mol. The van der Waals surface area contributed by atoms with Crippen molar-refractivity contribution in [1.82, 2.24) is 10.2 Å². The van der Waals surface area contributed by atoms with Crippen LogP contribution in [0.4, 0.5) is 5.69 Å². The molecule has 1 fully saturated rings. The number of hydrogen-bond donors (Lipinski definition) is 1. The van der Waals surface area contributed by atoms with Crippen molar-refractivity contribution >= 4 is 11.6 Å². The van der Waals surface area contributed by atoms with Gasteiger partial charge in [-0.1, -0.05) is 42.5 Å². The maximum absolute atomic E-state index is 12.1. The number of benzene rings is 2. The minimum Gasteiger partial charge on any atom is -0.369 e. The van der Waals surface area contributed by atoms with Crippen molar-refractivity contribution in [3.63, 3.8) is 0 Å². The third-order valence-corrected chi connectivity index (χ3v) is 5.75. The lowest BCUT2D eigenvalue weighted by atomic mass is 10.1. The standard InChI is InChI=1S/C24H33N3O/c1-20-8-6-12-23(21(20)2)27-18-16-26(17-19-27)15-13-24(28)25-14-7-11-22-9-4-3-5-10-22/h3-6,8-10,12H,7,11,13-19H2,1-2H3,(H,25,28). The zero-order chi connectivity index (χ0) is 19.8. The predicted molar refractivity (Wildman–Crippen MR) is 117 cm³/mol. The summed E-state index contributed by atoms with van der Waals surface area (Å²) < 4.78 is 0. The fourth-order valence-corrected chi connectivity index (χ4v) is 3.80. The van der Waals surface area contributed by atoms with Crippen LogP contribution in [0.25, 0.3) is 0 Å². The number of hydrogen-bond acceptors (Lipinski definition) is 3. The van der Waals surface area contributed by atoms with Gasteiger partial charge in [-0.25, -0.2) is 0 Å². The van der Waals surface area contributed by atoms with E-state index in [0.29, 0.717) is 6.42 Å². The molecule has 1 N–H and O–H groups in total. The number of nitrogens with zero attached hydrogens (tertiary/aromatic N) is 2. The first-order chi connectivity index (χ1) is 13.6. The van der Waals surface area contributed by atoms with Crippen molar-refractivity contribution in [2.75, 3.05) is 44.2 Å². The number of carbonyl (C=O) groups excluding carboxylic acids is 1. The van der Waals surface area contributed by atoms with Crippen molar-refractivity contribution in [2.24, 2.45) is 0 Å². The molecule has 4 nitrogen and oxygen atoms in total. The minimum absolute atomic E-state index is 0.171. The Morgan fingerprint density at radius 2 is 1.71 bits per heavy atom. The molecule has 1 aliphatic rings. The molecule has 0 aromatic heterocycles. The van der Waals surface area contributed by atoms with Crippen LogP contribution in [-0.4, -0.2) is 50.1 Å². The molecule has 0 radical (unpaired) electrons. The van der Waals surface area contributed by atoms with Gasteiger partial charge in [0.05, 0.1) is 0 Å². The van der Waals surface area contributed by atoms with Gasteiger partial charge in [-0.2, -0.15) is 0 Å². The molecule has 0 aliphatic carbocycles. The van der Waals surface area contributed by atoms with Crippen molar-refractivity contribution in [3.05, 3.63) is 65.2 Å². The Labute approximate surface area is 169 Å². The summed E-state index contributed by atoms with van der Waals surface area (Å²) in [6.07, 6.45) is 2.60. The molecule has 3 rings (SSSR count). The molecule has 150 valence electrons. The van der Waals surface area contributed by atoms with E-state index in [9.17, 15) is 4.79 Å². The minimum atomic E-state index is 0.171. The molecular formula is C24H33N3O. The molecule has 0 bridgehead atoms. The molecule has 0 spiro atoms. The van der Waals surface area contributed by atoms with E-state index in [0.717, 1.165) is 52.1 Å². The molecule has 2 aromatic carbocycles. The summed E-state index contributed by atoms with van der Waals surface area (Å²) in [7, 11) is 0. The van der Waals surface area contributed by atoms with Crippen LogP contribution in [0, 0.1) is 13.8 Å². The van der Waals surface area contributed by atoms with Crippen LogP contribution in [0.5, 0.6) is 0 Å². The Balaban J connectivity index is 1.31. The van der Waals surface area contributed by atoms with Crippen molar-refractivity contribution < 1.29 is 4.79 Å². The second-order valence-electron chi connectivity index (χ2n) is 7.74. The van der Waals surface area contributed by atoms with Gasteiger partial charge in [0.1, 0.15) is 0 Å². The van der Waals surface area contributed by atoms with Gasteiger partial charge in [0.2, 0.25) is 5.91 Å². The SMILES string of the molecule is Cc1cccc(N2CCN(CCC(=O)NCCCc3ccccc3)CC2)c1C. The number of carbonyl (C=O) groups is 1. The smallest absolute Gasteiger partial charge is 0.221 e. The Morgan fingerprint density at radius 3 is 2.46 bits per heavy atom. The molecule has 0 saturated carbocycles. The summed E-state index contributed by atoms with van der Waals surface area (Å²) in [6.45, 7) is 10.1. The van der Waals surface area contributed by atoms with Crippen molar-refractivity contribution in [1.29, 1.82) is 0 Å². The highest BCUT2D eigenvalue weighted by molar-refractivity contribution is 5.76. The van der Waals surface area contributed by atoms with Gasteiger partial charge in [0, 0.05) is 51.4 Å². The quantitative estimate of drug-likeness (QED) is 0.713. The molecule has 28 heavy (non-hydrogen) atoms. The molecule has 2 aromatic rings. The topological polar surface area (TPSA) is 35.6 Å². The summed E-state index contributed by atoms with van der Waals surface area (Å²) in [6, 6.07) is 17.0. The third kappa shape index (κ3) is 5.83. The molecule has 4 heteroatoms. The lowest BCUT2D eigenvalue weighted by molar-refractivity contribution is -0.121. The number of piperazine rings is 1. The van der Waals surface area contributed by atoms with E-state index < -0.39 is 0 Å². The fraction of sp³-hybridized carbons (Fsp3) is 0.458. The van der Waals surface area contributed by atoms with E-state index in [4.69, 9.17) is 0 Å². The maximum atomic E-state index is 12.1. The van der Waals surface area contributed by atoms with Crippen molar-refractivity contribution in [2.45, 2.75) is 33.1 Å². The fourth-order valence-electron chi connectivity index (χ4n) is 3.80. The van der Waals surface area contributed by atoms with Gasteiger partial charge in [-0.05, 0) is 49.4 Å². The van der Waals surface area contributed by atoms with E-state index in [1.165, 1.54) is 22.4 Å². The van der Waals surface area contributed by atoms with Gasteiger partial charge < -0.3 is 10.2 Å². The van der Waals surface area contributed by atoms with E-state index in [1.54, 1.807) is 0 Å². The van der Waals surface area contributed by atoms with Crippen LogP contribution in [0.2, 0.25) is 0 Å². The summed E-state index contributed by atoms with van der Waals surface area (Å²) in [5.74, 6) is 0.171. The normalized spacial score (nSPS) is 14.9. The van der Waals surface area contributed by atoms with Crippen LogP contribution >= 0.6 is 0 Å². The number of amides is 1. The number of anilines is 1. The summed E-state index contributed by atoms with van der Waals surface area (Å²) in [5, 5.41) is 3.06.